The highest BCUT2D eigenvalue weighted by atomic mass is 15.3. The predicted octanol–water partition coefficient (Wildman–Crippen LogP) is 1.54. The normalized spacial score (nSPS) is 9.85. The van der Waals surface area contributed by atoms with Crippen molar-refractivity contribution in [2.75, 3.05) is 0 Å². The summed E-state index contributed by atoms with van der Waals surface area (Å²) >= 11 is 0. The smallest absolute Gasteiger partial charge is 0.103 e. The van der Waals surface area contributed by atoms with Gasteiger partial charge in [0.05, 0.1) is 5.69 Å². The summed E-state index contributed by atoms with van der Waals surface area (Å²) in [4.78, 5) is 0. The molecule has 1 rings (SSSR count). The Balaban J connectivity index is 2.93. The van der Waals surface area contributed by atoms with E-state index in [1.54, 1.807) is 10.9 Å². The molecule has 3 heteroatoms. The van der Waals surface area contributed by atoms with Crippen LogP contribution >= 0.6 is 0 Å². The van der Waals surface area contributed by atoms with E-state index in [1.165, 1.54) is 0 Å². The molecule has 0 spiro atoms. The lowest BCUT2D eigenvalue weighted by atomic mass is 10.3. The van der Waals surface area contributed by atoms with E-state index in [4.69, 9.17) is 0 Å². The number of nitrogens with one attached hydrogen (secondary N) is 1. The van der Waals surface area contributed by atoms with Gasteiger partial charge in [-0.05, 0) is 19.9 Å². The van der Waals surface area contributed by atoms with Gasteiger partial charge in [-0.3, -0.25) is 4.68 Å². The summed E-state index contributed by atoms with van der Waals surface area (Å²) in [5.74, 6) is 0. The minimum atomic E-state index is 0.374. The van der Waals surface area contributed by atoms with E-state index < -0.39 is 0 Å². The van der Waals surface area contributed by atoms with Crippen LogP contribution in [0.2, 0.25) is 0 Å². The highest BCUT2D eigenvalue weighted by Crippen LogP contribution is 2.08. The van der Waals surface area contributed by atoms with Crippen LogP contribution < -0.4 is 5.32 Å². The van der Waals surface area contributed by atoms with Crippen molar-refractivity contribution in [3.05, 3.63) is 30.3 Å². The second-order valence-corrected chi connectivity index (χ2v) is 3.19. The summed E-state index contributed by atoms with van der Waals surface area (Å²) in [6, 6.07) is 2.31. The minimum Gasteiger partial charge on any atom is -0.375 e. The van der Waals surface area contributed by atoms with Crippen molar-refractivity contribution in [1.29, 1.82) is 0 Å². The van der Waals surface area contributed by atoms with E-state index >= 15 is 0 Å². The van der Waals surface area contributed by atoms with E-state index in [0.29, 0.717) is 6.04 Å². The van der Waals surface area contributed by atoms with Gasteiger partial charge in [0.1, 0.15) is 5.70 Å². The highest BCUT2D eigenvalue weighted by Gasteiger charge is 2.05. The molecule has 0 saturated heterocycles. The number of hydrogen-bond acceptors (Lipinski definition) is 2. The fourth-order valence-electron chi connectivity index (χ4n) is 1.12. The van der Waals surface area contributed by atoms with E-state index in [1.807, 2.05) is 13.1 Å². The van der Waals surface area contributed by atoms with Gasteiger partial charge in [-0.15, -0.1) is 5.73 Å². The molecule has 0 atom stereocenters. The Bertz CT molecular complexity index is 330. The Morgan fingerprint density at radius 1 is 1.69 bits per heavy atom. The zero-order valence-corrected chi connectivity index (χ0v) is 8.33. The van der Waals surface area contributed by atoms with Crippen LogP contribution in [0.25, 0.3) is 5.70 Å². The first-order valence-corrected chi connectivity index (χ1v) is 4.30. The molecule has 3 nitrogen and oxygen atoms in total. The van der Waals surface area contributed by atoms with Gasteiger partial charge < -0.3 is 5.32 Å². The summed E-state index contributed by atoms with van der Waals surface area (Å²) in [7, 11) is 1.90. The van der Waals surface area contributed by atoms with Crippen LogP contribution in [0.5, 0.6) is 0 Å². The quantitative estimate of drug-likeness (QED) is 0.710. The molecule has 70 valence electrons. The molecule has 0 aliphatic heterocycles. The molecule has 1 aromatic rings. The van der Waals surface area contributed by atoms with Crippen molar-refractivity contribution in [3.63, 3.8) is 0 Å². The van der Waals surface area contributed by atoms with Crippen molar-refractivity contribution in [2.45, 2.75) is 19.9 Å². The largest absolute Gasteiger partial charge is 0.375 e. The third-order valence-electron chi connectivity index (χ3n) is 1.69. The van der Waals surface area contributed by atoms with Crippen molar-refractivity contribution < 1.29 is 0 Å². The average molecular weight is 177 g/mol. The molecule has 0 aliphatic carbocycles. The number of nitrogens with zero attached hydrogens (tertiary/aromatic N) is 2. The van der Waals surface area contributed by atoms with Gasteiger partial charge in [0.25, 0.3) is 0 Å². The molecule has 0 aliphatic rings. The van der Waals surface area contributed by atoms with Crippen LogP contribution in [0.4, 0.5) is 0 Å². The number of hydrogen-bond donors (Lipinski definition) is 1. The Kier molecular flexibility index (Phi) is 2.93. The molecule has 0 fully saturated rings. The number of rotatable bonds is 3. The predicted molar refractivity (Wildman–Crippen MR) is 54.0 cm³/mol. The molecular formula is C10H15N3. The van der Waals surface area contributed by atoms with Crippen molar-refractivity contribution in [3.8, 4) is 0 Å². The minimum absolute atomic E-state index is 0.374. The van der Waals surface area contributed by atoms with Gasteiger partial charge in [0, 0.05) is 19.3 Å². The highest BCUT2D eigenvalue weighted by molar-refractivity contribution is 5.59. The van der Waals surface area contributed by atoms with Gasteiger partial charge in [-0.25, -0.2) is 0 Å². The molecule has 1 N–H and O–H groups in total. The standard InChI is InChI=1S/C10H15N3/c1-5-9(12-8(2)3)10-6-7-11-13(10)4/h6-8,12H,1H2,2-4H3. The summed E-state index contributed by atoms with van der Waals surface area (Å²) < 4.78 is 1.79. The summed E-state index contributed by atoms with van der Waals surface area (Å²) in [5, 5.41) is 7.34. The van der Waals surface area contributed by atoms with Crippen molar-refractivity contribution >= 4 is 5.70 Å². The topological polar surface area (TPSA) is 29.9 Å². The molecular weight excluding hydrogens is 162 g/mol. The maximum atomic E-state index is 4.08. The van der Waals surface area contributed by atoms with E-state index in [9.17, 15) is 0 Å². The van der Waals surface area contributed by atoms with Crippen molar-refractivity contribution in [2.24, 2.45) is 7.05 Å². The first-order valence-electron chi connectivity index (χ1n) is 4.30. The monoisotopic (exact) mass is 177 g/mol. The number of aryl methyl sites for hydroxylation is 1. The SMILES string of the molecule is C=C=C(NC(C)C)c1ccnn1C. The van der Waals surface area contributed by atoms with E-state index in [2.05, 4.69) is 36.6 Å². The van der Waals surface area contributed by atoms with Crippen LogP contribution in [0.3, 0.4) is 0 Å². The first kappa shape index (κ1) is 9.62. The summed E-state index contributed by atoms with van der Waals surface area (Å²) in [6.45, 7) is 7.80. The molecule has 0 aromatic carbocycles. The van der Waals surface area contributed by atoms with Crippen LogP contribution in [0, 0.1) is 0 Å². The Labute approximate surface area is 78.8 Å². The molecule has 0 radical (unpaired) electrons. The van der Waals surface area contributed by atoms with E-state index in [-0.39, 0.29) is 0 Å². The van der Waals surface area contributed by atoms with E-state index in [0.717, 1.165) is 11.4 Å². The fourth-order valence-corrected chi connectivity index (χ4v) is 1.12. The average Bonchev–Trinajstić information content (AvgIpc) is 2.47. The third kappa shape index (κ3) is 2.23. The fraction of sp³-hybridized carbons (Fsp3) is 0.400. The van der Waals surface area contributed by atoms with Crippen LogP contribution in [0.1, 0.15) is 19.5 Å². The molecule has 1 heterocycles. The lowest BCUT2D eigenvalue weighted by molar-refractivity contribution is 0.695. The lowest BCUT2D eigenvalue weighted by Crippen LogP contribution is -2.21. The van der Waals surface area contributed by atoms with Gasteiger partial charge >= 0.3 is 0 Å². The van der Waals surface area contributed by atoms with Crippen LogP contribution in [-0.2, 0) is 7.05 Å². The first-order chi connectivity index (χ1) is 6.15. The molecule has 13 heavy (non-hydrogen) atoms. The lowest BCUT2D eigenvalue weighted by Gasteiger charge is -2.11. The summed E-state index contributed by atoms with van der Waals surface area (Å²) in [6.07, 6.45) is 1.76. The third-order valence-corrected chi connectivity index (χ3v) is 1.69. The Morgan fingerprint density at radius 2 is 2.38 bits per heavy atom. The molecule has 0 amide bonds. The summed E-state index contributed by atoms with van der Waals surface area (Å²) in [5.41, 5.74) is 4.77. The maximum absolute atomic E-state index is 4.08. The second kappa shape index (κ2) is 3.97. The zero-order valence-electron chi connectivity index (χ0n) is 8.33. The van der Waals surface area contributed by atoms with Gasteiger partial charge in [-0.1, -0.05) is 6.58 Å². The molecule has 0 saturated carbocycles. The molecule has 0 bridgehead atoms. The molecule has 1 aromatic heterocycles. The maximum Gasteiger partial charge on any atom is 0.103 e. The van der Waals surface area contributed by atoms with Crippen LogP contribution in [0.15, 0.2) is 24.6 Å². The number of aromatic nitrogens is 2. The zero-order chi connectivity index (χ0) is 9.84. The second-order valence-electron chi connectivity index (χ2n) is 3.19. The Hall–Kier alpha value is -1.47. The van der Waals surface area contributed by atoms with Gasteiger partial charge in [-0.2, -0.15) is 5.10 Å². The van der Waals surface area contributed by atoms with Crippen molar-refractivity contribution in [1.82, 2.24) is 15.1 Å². The van der Waals surface area contributed by atoms with Gasteiger partial charge in [0.15, 0.2) is 0 Å². The van der Waals surface area contributed by atoms with Gasteiger partial charge in [0.2, 0.25) is 0 Å². The molecule has 0 unspecified atom stereocenters. The van der Waals surface area contributed by atoms with Crippen LogP contribution in [-0.4, -0.2) is 15.8 Å². The Morgan fingerprint density at radius 3 is 2.77 bits per heavy atom.